The average molecular weight is 262 g/mol. The summed E-state index contributed by atoms with van der Waals surface area (Å²) in [5.41, 5.74) is 1.83. The van der Waals surface area contributed by atoms with Gasteiger partial charge in [0.15, 0.2) is 5.78 Å². The van der Waals surface area contributed by atoms with E-state index in [1.807, 2.05) is 26.0 Å². The van der Waals surface area contributed by atoms with Gasteiger partial charge in [-0.2, -0.15) is 0 Å². The minimum Gasteiger partial charge on any atom is -0.490 e. The zero-order valence-electron chi connectivity index (χ0n) is 13.0. The first-order chi connectivity index (χ1) is 8.79. The maximum atomic E-state index is 12.0. The van der Waals surface area contributed by atoms with Gasteiger partial charge in [0, 0.05) is 0 Å². The van der Waals surface area contributed by atoms with Gasteiger partial charge in [-0.15, -0.1) is 0 Å². The molecule has 0 amide bonds. The van der Waals surface area contributed by atoms with E-state index in [0.717, 1.165) is 24.0 Å². The molecule has 0 bridgehead atoms. The van der Waals surface area contributed by atoms with Crippen LogP contribution in [0.5, 0.6) is 5.75 Å². The number of benzene rings is 1. The van der Waals surface area contributed by atoms with Crippen LogP contribution in [0.15, 0.2) is 18.2 Å². The van der Waals surface area contributed by atoms with E-state index in [1.54, 1.807) is 6.92 Å². The Morgan fingerprint density at radius 3 is 2.42 bits per heavy atom. The number of rotatable bonds is 6. The van der Waals surface area contributed by atoms with Crippen LogP contribution in [0.25, 0.3) is 0 Å². The fourth-order valence-electron chi connectivity index (χ4n) is 2.57. The lowest BCUT2D eigenvalue weighted by Gasteiger charge is -2.28. The molecule has 0 unspecified atom stereocenters. The molecule has 0 spiro atoms. The van der Waals surface area contributed by atoms with Gasteiger partial charge in [0.05, 0.1) is 11.7 Å². The standard InChI is InChI=1S/C17H26O2/c1-7-11-17(5,6)14-9-8-10-15(19-12(2)3)16(14)13(4)18/h8-10,12H,7,11H2,1-6H3. The highest BCUT2D eigenvalue weighted by molar-refractivity contribution is 5.98. The largest absolute Gasteiger partial charge is 0.490 e. The van der Waals surface area contributed by atoms with Crippen LogP contribution in [0.1, 0.15) is 70.3 Å². The third-order valence-electron chi connectivity index (χ3n) is 3.35. The van der Waals surface area contributed by atoms with E-state index in [4.69, 9.17) is 4.74 Å². The molecular formula is C17H26O2. The molecule has 106 valence electrons. The molecule has 0 atom stereocenters. The van der Waals surface area contributed by atoms with Crippen LogP contribution in [0.4, 0.5) is 0 Å². The van der Waals surface area contributed by atoms with Crippen molar-refractivity contribution >= 4 is 5.78 Å². The van der Waals surface area contributed by atoms with Gasteiger partial charge in [-0.1, -0.05) is 39.3 Å². The third-order valence-corrected chi connectivity index (χ3v) is 3.35. The van der Waals surface area contributed by atoms with Crippen molar-refractivity contribution in [3.8, 4) is 5.75 Å². The Kier molecular flexibility index (Phi) is 5.16. The van der Waals surface area contributed by atoms with Gasteiger partial charge in [-0.3, -0.25) is 4.79 Å². The maximum absolute atomic E-state index is 12.0. The summed E-state index contributed by atoms with van der Waals surface area (Å²) in [6.07, 6.45) is 2.22. The van der Waals surface area contributed by atoms with Crippen LogP contribution >= 0.6 is 0 Å². The van der Waals surface area contributed by atoms with Crippen LogP contribution in [0.2, 0.25) is 0 Å². The van der Waals surface area contributed by atoms with E-state index in [-0.39, 0.29) is 17.3 Å². The summed E-state index contributed by atoms with van der Waals surface area (Å²) in [5.74, 6) is 0.791. The molecule has 0 N–H and O–H groups in total. The molecule has 0 aliphatic carbocycles. The topological polar surface area (TPSA) is 26.3 Å². The van der Waals surface area contributed by atoms with Crippen molar-refractivity contribution in [1.29, 1.82) is 0 Å². The second kappa shape index (κ2) is 6.23. The lowest BCUT2D eigenvalue weighted by Crippen LogP contribution is -2.21. The smallest absolute Gasteiger partial charge is 0.163 e. The molecule has 0 aliphatic heterocycles. The van der Waals surface area contributed by atoms with Crippen molar-refractivity contribution in [3.05, 3.63) is 29.3 Å². The van der Waals surface area contributed by atoms with Crippen LogP contribution < -0.4 is 4.74 Å². The Morgan fingerprint density at radius 2 is 1.95 bits per heavy atom. The Hall–Kier alpha value is -1.31. The normalized spacial score (nSPS) is 11.7. The number of carbonyl (C=O) groups is 1. The van der Waals surface area contributed by atoms with Crippen molar-refractivity contribution in [2.24, 2.45) is 0 Å². The van der Waals surface area contributed by atoms with Crippen molar-refractivity contribution < 1.29 is 9.53 Å². The van der Waals surface area contributed by atoms with E-state index in [2.05, 4.69) is 26.8 Å². The fraction of sp³-hybridized carbons (Fsp3) is 0.588. The zero-order chi connectivity index (χ0) is 14.6. The summed E-state index contributed by atoms with van der Waals surface area (Å²) in [4.78, 5) is 12.0. The number of ether oxygens (including phenoxy) is 1. The predicted octanol–water partition coefficient (Wildman–Crippen LogP) is 4.75. The number of hydrogen-bond acceptors (Lipinski definition) is 2. The predicted molar refractivity (Wildman–Crippen MR) is 80.1 cm³/mol. The first kappa shape index (κ1) is 15.7. The highest BCUT2D eigenvalue weighted by atomic mass is 16.5. The molecule has 0 aromatic heterocycles. The second-order valence-corrected chi connectivity index (χ2v) is 6.04. The highest BCUT2D eigenvalue weighted by Gasteiger charge is 2.26. The molecule has 0 radical (unpaired) electrons. The monoisotopic (exact) mass is 262 g/mol. The summed E-state index contributed by atoms with van der Waals surface area (Å²) >= 11 is 0. The maximum Gasteiger partial charge on any atom is 0.163 e. The number of Topliss-reactive ketones (excluding diaryl/α,β-unsaturated/α-hetero) is 1. The lowest BCUT2D eigenvalue weighted by molar-refractivity contribution is 0.100. The van der Waals surface area contributed by atoms with Gasteiger partial charge in [0.1, 0.15) is 5.75 Å². The lowest BCUT2D eigenvalue weighted by atomic mass is 9.77. The minimum absolute atomic E-state index is 0.00783. The van der Waals surface area contributed by atoms with Crippen molar-refractivity contribution in [3.63, 3.8) is 0 Å². The van der Waals surface area contributed by atoms with Crippen molar-refractivity contribution in [2.75, 3.05) is 0 Å². The second-order valence-electron chi connectivity index (χ2n) is 6.04. The van der Waals surface area contributed by atoms with E-state index in [0.29, 0.717) is 5.75 Å². The first-order valence-electron chi connectivity index (χ1n) is 7.10. The molecular weight excluding hydrogens is 236 g/mol. The molecule has 1 aromatic rings. The molecule has 19 heavy (non-hydrogen) atoms. The van der Waals surface area contributed by atoms with Gasteiger partial charge >= 0.3 is 0 Å². The van der Waals surface area contributed by atoms with Crippen LogP contribution in [0, 0.1) is 0 Å². The van der Waals surface area contributed by atoms with Gasteiger partial charge in [0.25, 0.3) is 0 Å². The third kappa shape index (κ3) is 3.82. The summed E-state index contributed by atoms with van der Waals surface area (Å²) < 4.78 is 5.80. The van der Waals surface area contributed by atoms with E-state index in [1.165, 1.54) is 0 Å². The molecule has 0 heterocycles. The van der Waals surface area contributed by atoms with Gasteiger partial charge in [-0.05, 0) is 44.2 Å². The molecule has 0 saturated carbocycles. The summed E-state index contributed by atoms with van der Waals surface area (Å²) in [6, 6.07) is 5.93. The first-order valence-corrected chi connectivity index (χ1v) is 7.10. The zero-order valence-corrected chi connectivity index (χ0v) is 13.0. The minimum atomic E-state index is -0.00783. The molecule has 1 rings (SSSR count). The van der Waals surface area contributed by atoms with Crippen LogP contribution in [-0.2, 0) is 5.41 Å². The number of ketones is 1. The summed E-state index contributed by atoms with van der Waals surface area (Å²) in [5, 5.41) is 0. The van der Waals surface area contributed by atoms with Crippen LogP contribution in [-0.4, -0.2) is 11.9 Å². The van der Waals surface area contributed by atoms with Crippen molar-refractivity contribution in [1.82, 2.24) is 0 Å². The molecule has 2 heteroatoms. The highest BCUT2D eigenvalue weighted by Crippen LogP contribution is 2.35. The Morgan fingerprint density at radius 1 is 1.32 bits per heavy atom. The van der Waals surface area contributed by atoms with E-state index >= 15 is 0 Å². The quantitative estimate of drug-likeness (QED) is 0.691. The van der Waals surface area contributed by atoms with Crippen molar-refractivity contribution in [2.45, 2.75) is 65.9 Å². The molecule has 0 aliphatic rings. The van der Waals surface area contributed by atoms with Gasteiger partial charge in [0.2, 0.25) is 0 Å². The van der Waals surface area contributed by atoms with Gasteiger partial charge < -0.3 is 4.74 Å². The van der Waals surface area contributed by atoms with E-state index < -0.39 is 0 Å². The molecule has 0 saturated heterocycles. The molecule has 0 fully saturated rings. The summed E-state index contributed by atoms with van der Waals surface area (Å²) in [7, 11) is 0. The SMILES string of the molecule is CCCC(C)(C)c1cccc(OC(C)C)c1C(C)=O. The Balaban J connectivity index is 3.35. The van der Waals surface area contributed by atoms with E-state index in [9.17, 15) is 4.79 Å². The number of hydrogen-bond donors (Lipinski definition) is 0. The fourth-order valence-corrected chi connectivity index (χ4v) is 2.57. The average Bonchev–Trinajstić information content (AvgIpc) is 2.27. The summed E-state index contributed by atoms with van der Waals surface area (Å²) in [6.45, 7) is 12.1. The Bertz CT molecular complexity index is 445. The number of carbonyl (C=O) groups excluding carboxylic acids is 1. The molecule has 2 nitrogen and oxygen atoms in total. The Labute approximate surface area is 117 Å². The van der Waals surface area contributed by atoms with Gasteiger partial charge in [-0.25, -0.2) is 0 Å². The van der Waals surface area contributed by atoms with Crippen LogP contribution in [0.3, 0.4) is 0 Å². The molecule has 1 aromatic carbocycles.